The number of halogens is 1. The standard InChI is InChI=1S/C18H19BrN2O3/c1-24-17-5-3-2-4-15(17)20-8-10-21(11-9-20)18(23)14-12-13(19)6-7-16(14)22/h2-7,12,22H,8-11H2,1H3. The number of rotatable bonds is 3. The fourth-order valence-electron chi connectivity index (χ4n) is 2.89. The number of para-hydroxylation sites is 2. The van der Waals surface area contributed by atoms with Crippen LogP contribution < -0.4 is 9.64 Å². The summed E-state index contributed by atoms with van der Waals surface area (Å²) in [5.74, 6) is 0.700. The maximum Gasteiger partial charge on any atom is 0.257 e. The smallest absolute Gasteiger partial charge is 0.257 e. The molecule has 24 heavy (non-hydrogen) atoms. The van der Waals surface area contributed by atoms with Crippen molar-refractivity contribution in [2.45, 2.75) is 0 Å². The van der Waals surface area contributed by atoms with E-state index in [1.54, 1.807) is 24.1 Å². The summed E-state index contributed by atoms with van der Waals surface area (Å²) >= 11 is 3.34. The predicted molar refractivity (Wildman–Crippen MR) is 96.9 cm³/mol. The number of anilines is 1. The number of phenols is 1. The van der Waals surface area contributed by atoms with Gasteiger partial charge in [0.15, 0.2) is 0 Å². The van der Waals surface area contributed by atoms with E-state index in [4.69, 9.17) is 4.74 Å². The van der Waals surface area contributed by atoms with E-state index < -0.39 is 0 Å². The van der Waals surface area contributed by atoms with E-state index >= 15 is 0 Å². The summed E-state index contributed by atoms with van der Waals surface area (Å²) in [4.78, 5) is 16.6. The highest BCUT2D eigenvalue weighted by atomic mass is 79.9. The van der Waals surface area contributed by atoms with Crippen molar-refractivity contribution in [2.75, 3.05) is 38.2 Å². The summed E-state index contributed by atoms with van der Waals surface area (Å²) in [7, 11) is 1.66. The SMILES string of the molecule is COc1ccccc1N1CCN(C(=O)c2cc(Br)ccc2O)CC1. The molecule has 1 heterocycles. The van der Waals surface area contributed by atoms with Crippen molar-refractivity contribution in [3.63, 3.8) is 0 Å². The van der Waals surface area contributed by atoms with Crippen LogP contribution in [0.3, 0.4) is 0 Å². The van der Waals surface area contributed by atoms with Crippen LogP contribution in [0.1, 0.15) is 10.4 Å². The Balaban J connectivity index is 1.71. The molecule has 0 atom stereocenters. The molecule has 0 aliphatic carbocycles. The van der Waals surface area contributed by atoms with Gasteiger partial charge in [-0.2, -0.15) is 0 Å². The zero-order valence-corrected chi connectivity index (χ0v) is 15.0. The first-order valence-corrected chi connectivity index (χ1v) is 8.55. The molecule has 2 aromatic carbocycles. The maximum absolute atomic E-state index is 12.6. The molecule has 1 N–H and O–H groups in total. The number of hydrogen-bond acceptors (Lipinski definition) is 4. The number of carbonyl (C=O) groups is 1. The molecule has 1 amide bonds. The van der Waals surface area contributed by atoms with Gasteiger partial charge in [-0.05, 0) is 30.3 Å². The average Bonchev–Trinajstić information content (AvgIpc) is 2.63. The highest BCUT2D eigenvalue weighted by Crippen LogP contribution is 2.29. The average molecular weight is 391 g/mol. The van der Waals surface area contributed by atoms with E-state index in [9.17, 15) is 9.90 Å². The van der Waals surface area contributed by atoms with E-state index in [-0.39, 0.29) is 11.7 Å². The van der Waals surface area contributed by atoms with Gasteiger partial charge >= 0.3 is 0 Å². The van der Waals surface area contributed by atoms with Gasteiger partial charge < -0.3 is 19.6 Å². The summed E-state index contributed by atoms with van der Waals surface area (Å²) in [5, 5.41) is 9.94. The Morgan fingerprint density at radius 3 is 2.54 bits per heavy atom. The van der Waals surface area contributed by atoms with Gasteiger partial charge in [-0.3, -0.25) is 4.79 Å². The minimum absolute atomic E-state index is 0.00959. The van der Waals surface area contributed by atoms with Crippen LogP contribution in [0.4, 0.5) is 5.69 Å². The second-order valence-corrected chi connectivity index (χ2v) is 6.53. The number of hydrogen-bond donors (Lipinski definition) is 1. The lowest BCUT2D eigenvalue weighted by atomic mass is 10.1. The van der Waals surface area contributed by atoms with Crippen LogP contribution in [0.15, 0.2) is 46.9 Å². The van der Waals surface area contributed by atoms with Gasteiger partial charge in [0.25, 0.3) is 5.91 Å². The monoisotopic (exact) mass is 390 g/mol. The highest BCUT2D eigenvalue weighted by molar-refractivity contribution is 9.10. The summed E-state index contributed by atoms with van der Waals surface area (Å²) in [6, 6.07) is 12.8. The normalized spacial score (nSPS) is 14.6. The van der Waals surface area contributed by atoms with Gasteiger partial charge in [-0.1, -0.05) is 28.1 Å². The lowest BCUT2D eigenvalue weighted by molar-refractivity contribution is 0.0743. The molecule has 1 fully saturated rings. The number of benzene rings is 2. The summed E-state index contributed by atoms with van der Waals surface area (Å²) in [5.41, 5.74) is 1.37. The fourth-order valence-corrected chi connectivity index (χ4v) is 3.25. The van der Waals surface area contributed by atoms with Crippen LogP contribution in [-0.2, 0) is 0 Å². The number of phenolic OH excluding ortho intramolecular Hbond substituents is 1. The minimum Gasteiger partial charge on any atom is -0.507 e. The Morgan fingerprint density at radius 1 is 1.12 bits per heavy atom. The Bertz CT molecular complexity index is 743. The Kier molecular flexibility index (Phi) is 4.94. The molecule has 1 aliphatic rings. The van der Waals surface area contributed by atoms with Crippen LogP contribution in [0.5, 0.6) is 11.5 Å². The van der Waals surface area contributed by atoms with Crippen LogP contribution in [0.25, 0.3) is 0 Å². The van der Waals surface area contributed by atoms with E-state index in [1.165, 1.54) is 6.07 Å². The van der Waals surface area contributed by atoms with Gasteiger partial charge in [0, 0.05) is 30.7 Å². The molecule has 1 saturated heterocycles. The van der Waals surface area contributed by atoms with Crippen molar-refractivity contribution in [3.05, 3.63) is 52.5 Å². The molecule has 126 valence electrons. The van der Waals surface area contributed by atoms with Crippen molar-refractivity contribution in [1.82, 2.24) is 4.90 Å². The van der Waals surface area contributed by atoms with Crippen LogP contribution in [0.2, 0.25) is 0 Å². The highest BCUT2D eigenvalue weighted by Gasteiger charge is 2.25. The summed E-state index contributed by atoms with van der Waals surface area (Å²) in [6.45, 7) is 2.65. The Morgan fingerprint density at radius 2 is 1.83 bits per heavy atom. The van der Waals surface area contributed by atoms with Crippen molar-refractivity contribution in [1.29, 1.82) is 0 Å². The predicted octanol–water partition coefficient (Wildman–Crippen LogP) is 3.13. The number of methoxy groups -OCH3 is 1. The zero-order chi connectivity index (χ0) is 17.1. The first-order valence-electron chi connectivity index (χ1n) is 7.76. The van der Waals surface area contributed by atoms with E-state index in [0.29, 0.717) is 18.7 Å². The number of amides is 1. The lowest BCUT2D eigenvalue weighted by Gasteiger charge is -2.36. The molecule has 0 saturated carbocycles. The van der Waals surface area contributed by atoms with Gasteiger partial charge in [0.2, 0.25) is 0 Å². The second-order valence-electron chi connectivity index (χ2n) is 5.61. The molecule has 0 unspecified atom stereocenters. The molecule has 1 aliphatic heterocycles. The number of nitrogens with zero attached hydrogens (tertiary/aromatic N) is 2. The first kappa shape index (κ1) is 16.6. The first-order chi connectivity index (χ1) is 11.6. The largest absolute Gasteiger partial charge is 0.507 e. The van der Waals surface area contributed by atoms with Crippen molar-refractivity contribution in [2.24, 2.45) is 0 Å². The Hall–Kier alpha value is -2.21. The third-order valence-electron chi connectivity index (χ3n) is 4.18. The van der Waals surface area contributed by atoms with Gasteiger partial charge in [0.05, 0.1) is 18.4 Å². The number of ether oxygens (including phenoxy) is 1. The molecular formula is C18H19BrN2O3. The fraction of sp³-hybridized carbons (Fsp3) is 0.278. The molecule has 0 radical (unpaired) electrons. The molecule has 3 rings (SSSR count). The van der Waals surface area contributed by atoms with E-state index in [1.807, 2.05) is 24.3 Å². The van der Waals surface area contributed by atoms with Crippen LogP contribution in [0, 0.1) is 0 Å². The van der Waals surface area contributed by atoms with E-state index in [0.717, 1.165) is 29.0 Å². The minimum atomic E-state index is -0.145. The van der Waals surface area contributed by atoms with Crippen LogP contribution in [-0.4, -0.2) is 49.2 Å². The molecule has 0 bridgehead atoms. The zero-order valence-electron chi connectivity index (χ0n) is 13.4. The number of piperazine rings is 1. The number of aromatic hydroxyl groups is 1. The second kappa shape index (κ2) is 7.13. The summed E-state index contributed by atoms with van der Waals surface area (Å²) < 4.78 is 6.18. The quantitative estimate of drug-likeness (QED) is 0.874. The van der Waals surface area contributed by atoms with Crippen molar-refractivity contribution < 1.29 is 14.6 Å². The molecule has 0 spiro atoms. The molecule has 5 nitrogen and oxygen atoms in total. The molecule has 6 heteroatoms. The van der Waals surface area contributed by atoms with Gasteiger partial charge in [-0.25, -0.2) is 0 Å². The topological polar surface area (TPSA) is 53.0 Å². The van der Waals surface area contributed by atoms with E-state index in [2.05, 4.69) is 20.8 Å². The van der Waals surface area contributed by atoms with Gasteiger partial charge in [0.1, 0.15) is 11.5 Å². The third-order valence-corrected chi connectivity index (χ3v) is 4.68. The molecule has 2 aromatic rings. The maximum atomic E-state index is 12.6. The number of carbonyl (C=O) groups excluding carboxylic acids is 1. The third kappa shape index (κ3) is 3.33. The van der Waals surface area contributed by atoms with Crippen LogP contribution >= 0.6 is 15.9 Å². The van der Waals surface area contributed by atoms with Gasteiger partial charge in [-0.15, -0.1) is 0 Å². The molecule has 0 aromatic heterocycles. The molecular weight excluding hydrogens is 372 g/mol. The van der Waals surface area contributed by atoms with Crippen molar-refractivity contribution >= 4 is 27.5 Å². The van der Waals surface area contributed by atoms with Crippen molar-refractivity contribution in [3.8, 4) is 11.5 Å². The Labute approximate surface area is 149 Å². The lowest BCUT2D eigenvalue weighted by Crippen LogP contribution is -2.48. The summed E-state index contributed by atoms with van der Waals surface area (Å²) in [6.07, 6.45) is 0.